The highest BCUT2D eigenvalue weighted by Gasteiger charge is 2.25. The van der Waals surface area contributed by atoms with Crippen molar-refractivity contribution in [2.75, 3.05) is 22.6 Å². The van der Waals surface area contributed by atoms with Crippen LogP contribution in [0, 0.1) is 5.82 Å². The predicted molar refractivity (Wildman–Crippen MR) is 73.1 cm³/mol. The number of carboxylic acid groups (broad SMARTS) is 1. The molecule has 1 saturated heterocycles. The number of hydrogen-bond donors (Lipinski definition) is 3. The van der Waals surface area contributed by atoms with Crippen molar-refractivity contribution in [2.24, 2.45) is 0 Å². The lowest BCUT2D eigenvalue weighted by Crippen LogP contribution is -2.35. The van der Waals surface area contributed by atoms with Gasteiger partial charge in [-0.3, -0.25) is 0 Å². The molecule has 0 aromatic heterocycles. The fraction of sp³-hybridized carbons (Fsp3) is 0.417. The van der Waals surface area contributed by atoms with Gasteiger partial charge in [0.05, 0.1) is 28.4 Å². The van der Waals surface area contributed by atoms with Gasteiger partial charge >= 0.3 is 5.97 Å². The van der Waals surface area contributed by atoms with Crippen LogP contribution in [0.1, 0.15) is 23.2 Å². The summed E-state index contributed by atoms with van der Waals surface area (Å²) in [6.45, 7) is 0. The molecule has 0 spiro atoms. The van der Waals surface area contributed by atoms with Crippen LogP contribution in [0.5, 0.6) is 0 Å². The van der Waals surface area contributed by atoms with Crippen molar-refractivity contribution in [1.82, 2.24) is 0 Å². The topological polar surface area (TPSA) is 109 Å². The predicted octanol–water partition coefficient (Wildman–Crippen LogP) is 1.10. The number of nitrogen functional groups attached to an aromatic ring is 1. The van der Waals surface area contributed by atoms with Gasteiger partial charge in [-0.25, -0.2) is 17.6 Å². The molecule has 0 amide bonds. The summed E-state index contributed by atoms with van der Waals surface area (Å²) in [6, 6.07) is 1.67. The molecule has 6 nitrogen and oxygen atoms in total. The lowest BCUT2D eigenvalue weighted by atomic mass is 10.1. The van der Waals surface area contributed by atoms with Gasteiger partial charge in [0.25, 0.3) is 0 Å². The van der Waals surface area contributed by atoms with Crippen LogP contribution < -0.4 is 11.1 Å². The zero-order valence-electron chi connectivity index (χ0n) is 10.6. The number of carboxylic acids is 1. The quantitative estimate of drug-likeness (QED) is 0.721. The number of nitrogens with one attached hydrogen (secondary N) is 1. The van der Waals surface area contributed by atoms with Gasteiger partial charge in [0.1, 0.15) is 5.82 Å². The second kappa shape index (κ2) is 5.28. The zero-order chi connectivity index (χ0) is 14.9. The van der Waals surface area contributed by atoms with E-state index in [1.807, 2.05) is 0 Å². The van der Waals surface area contributed by atoms with E-state index in [2.05, 4.69) is 5.32 Å². The molecule has 1 unspecified atom stereocenters. The molecule has 0 aliphatic carbocycles. The molecule has 20 heavy (non-hydrogen) atoms. The van der Waals surface area contributed by atoms with E-state index in [4.69, 9.17) is 10.8 Å². The number of aromatic carboxylic acids is 1. The van der Waals surface area contributed by atoms with Crippen molar-refractivity contribution < 1.29 is 22.7 Å². The Bertz CT molecular complexity index is 645. The van der Waals surface area contributed by atoms with Crippen molar-refractivity contribution in [3.8, 4) is 0 Å². The number of rotatable bonds is 3. The molecule has 8 heteroatoms. The van der Waals surface area contributed by atoms with Gasteiger partial charge in [0.2, 0.25) is 0 Å². The van der Waals surface area contributed by atoms with E-state index in [1.54, 1.807) is 0 Å². The Hall–Kier alpha value is -1.83. The lowest BCUT2D eigenvalue weighted by molar-refractivity contribution is 0.0692. The fourth-order valence-corrected chi connectivity index (χ4v) is 3.87. The van der Waals surface area contributed by atoms with E-state index in [-0.39, 0.29) is 28.9 Å². The Morgan fingerprint density at radius 1 is 1.45 bits per heavy atom. The van der Waals surface area contributed by atoms with Gasteiger partial charge in [-0.2, -0.15) is 0 Å². The molecule has 1 aromatic rings. The summed E-state index contributed by atoms with van der Waals surface area (Å²) in [5.74, 6) is -2.18. The Morgan fingerprint density at radius 3 is 2.75 bits per heavy atom. The van der Waals surface area contributed by atoms with Crippen molar-refractivity contribution in [2.45, 2.75) is 18.9 Å². The monoisotopic (exact) mass is 302 g/mol. The molecule has 0 radical (unpaired) electrons. The molecule has 1 fully saturated rings. The lowest BCUT2D eigenvalue weighted by Gasteiger charge is -2.24. The molecule has 1 heterocycles. The molecule has 1 atom stereocenters. The van der Waals surface area contributed by atoms with Crippen molar-refractivity contribution >= 4 is 27.2 Å². The summed E-state index contributed by atoms with van der Waals surface area (Å²) in [7, 11) is -3.09. The Labute approximate surface area is 115 Å². The van der Waals surface area contributed by atoms with Crippen LogP contribution in [0.3, 0.4) is 0 Å². The number of halogens is 1. The maximum Gasteiger partial charge on any atom is 0.338 e. The number of benzene rings is 1. The van der Waals surface area contributed by atoms with Gasteiger partial charge in [-0.1, -0.05) is 0 Å². The Balaban J connectivity index is 2.22. The highest BCUT2D eigenvalue weighted by atomic mass is 32.2. The molecule has 1 aromatic carbocycles. The average molecular weight is 302 g/mol. The molecular formula is C12H15FN2O4S. The first-order valence-electron chi connectivity index (χ1n) is 6.08. The fourth-order valence-electron chi connectivity index (χ4n) is 2.24. The second-order valence-corrected chi connectivity index (χ2v) is 7.05. The number of anilines is 2. The third-order valence-electron chi connectivity index (χ3n) is 3.19. The number of carbonyl (C=O) groups is 1. The number of hydrogen-bond acceptors (Lipinski definition) is 5. The summed E-state index contributed by atoms with van der Waals surface area (Å²) in [5.41, 5.74) is 5.45. The third kappa shape index (κ3) is 3.19. The smallest absolute Gasteiger partial charge is 0.338 e. The largest absolute Gasteiger partial charge is 0.478 e. The highest BCUT2D eigenvalue weighted by Crippen LogP contribution is 2.26. The number of sulfone groups is 1. The maximum atomic E-state index is 13.6. The van der Waals surface area contributed by atoms with E-state index >= 15 is 0 Å². The molecule has 1 aliphatic heterocycles. The summed E-state index contributed by atoms with van der Waals surface area (Å²) in [6.07, 6.45) is 1.18. The Kier molecular flexibility index (Phi) is 3.85. The van der Waals surface area contributed by atoms with Crippen molar-refractivity contribution in [3.63, 3.8) is 0 Å². The van der Waals surface area contributed by atoms with Crippen LogP contribution in [0.15, 0.2) is 12.1 Å². The highest BCUT2D eigenvalue weighted by molar-refractivity contribution is 7.91. The summed E-state index contributed by atoms with van der Waals surface area (Å²) in [4.78, 5) is 10.8. The molecule has 1 aliphatic rings. The molecule has 4 N–H and O–H groups in total. The second-order valence-electron chi connectivity index (χ2n) is 4.82. The van der Waals surface area contributed by atoms with E-state index in [0.717, 1.165) is 12.1 Å². The van der Waals surface area contributed by atoms with E-state index < -0.39 is 27.2 Å². The number of nitrogens with two attached hydrogens (primary N) is 1. The van der Waals surface area contributed by atoms with E-state index in [1.165, 1.54) is 0 Å². The summed E-state index contributed by atoms with van der Waals surface area (Å²) >= 11 is 0. The van der Waals surface area contributed by atoms with Crippen molar-refractivity contribution in [3.05, 3.63) is 23.5 Å². The minimum atomic E-state index is -3.09. The molecule has 2 rings (SSSR count). The molecule has 0 saturated carbocycles. The van der Waals surface area contributed by atoms with Crippen LogP contribution in [0.2, 0.25) is 0 Å². The van der Waals surface area contributed by atoms with Crippen LogP contribution >= 0.6 is 0 Å². The molecule has 110 valence electrons. The standard InChI is InChI=1S/C12H15FN2O4S/c13-9-5-11(10(14)4-8(9)12(16)17)15-7-2-1-3-20(18,19)6-7/h4-5,7,15H,1-3,6,14H2,(H,16,17). The van der Waals surface area contributed by atoms with Crippen LogP contribution in [0.4, 0.5) is 15.8 Å². The minimum absolute atomic E-state index is 0.0330. The SMILES string of the molecule is Nc1cc(C(=O)O)c(F)cc1NC1CCCS(=O)(=O)C1. The zero-order valence-corrected chi connectivity index (χ0v) is 11.4. The first-order chi connectivity index (χ1) is 9.28. The maximum absolute atomic E-state index is 13.6. The summed E-state index contributed by atoms with van der Waals surface area (Å²) < 4.78 is 36.6. The van der Waals surface area contributed by atoms with Gasteiger partial charge in [0.15, 0.2) is 9.84 Å². The van der Waals surface area contributed by atoms with Gasteiger partial charge in [-0.15, -0.1) is 0 Å². The first kappa shape index (κ1) is 14.6. The van der Waals surface area contributed by atoms with Crippen molar-refractivity contribution in [1.29, 1.82) is 0 Å². The van der Waals surface area contributed by atoms with Crippen LogP contribution in [-0.2, 0) is 9.84 Å². The average Bonchev–Trinajstić information content (AvgIpc) is 2.31. The third-order valence-corrected chi connectivity index (χ3v) is 5.01. The Morgan fingerprint density at radius 2 is 2.15 bits per heavy atom. The molecular weight excluding hydrogens is 287 g/mol. The van der Waals surface area contributed by atoms with Gasteiger partial charge < -0.3 is 16.2 Å². The van der Waals surface area contributed by atoms with E-state index in [9.17, 15) is 17.6 Å². The minimum Gasteiger partial charge on any atom is -0.478 e. The van der Waals surface area contributed by atoms with Crippen LogP contribution in [0.25, 0.3) is 0 Å². The van der Waals surface area contributed by atoms with Gasteiger partial charge in [0, 0.05) is 6.04 Å². The van der Waals surface area contributed by atoms with Gasteiger partial charge in [-0.05, 0) is 25.0 Å². The first-order valence-corrected chi connectivity index (χ1v) is 7.90. The normalized spacial score (nSPS) is 21.4. The molecule has 0 bridgehead atoms. The van der Waals surface area contributed by atoms with E-state index in [0.29, 0.717) is 12.8 Å². The van der Waals surface area contributed by atoms with Crippen LogP contribution in [-0.4, -0.2) is 37.0 Å². The summed E-state index contributed by atoms with van der Waals surface area (Å²) in [5, 5.41) is 11.7.